The lowest BCUT2D eigenvalue weighted by molar-refractivity contribution is -0.228. The van der Waals surface area contributed by atoms with Crippen LogP contribution in [0.2, 0.25) is 0 Å². The van der Waals surface area contributed by atoms with Crippen LogP contribution in [0, 0.1) is 23.9 Å². The van der Waals surface area contributed by atoms with Crippen molar-refractivity contribution in [3.05, 3.63) is 76.7 Å². The second-order valence-electron chi connectivity index (χ2n) is 11.9. The highest BCUT2D eigenvalue weighted by atomic mass is 19.4. The Labute approximate surface area is 284 Å². The van der Waals surface area contributed by atoms with E-state index in [0.29, 0.717) is 67.4 Å². The van der Waals surface area contributed by atoms with Gasteiger partial charge in [0.15, 0.2) is 11.4 Å². The Bertz CT molecular complexity index is 2130. The number of nitriles is 1. The van der Waals surface area contributed by atoms with Gasteiger partial charge in [-0.05, 0) is 50.1 Å². The van der Waals surface area contributed by atoms with Crippen LogP contribution in [0.4, 0.5) is 24.7 Å². The number of benzene rings is 1. The maximum atomic E-state index is 13.1. The van der Waals surface area contributed by atoms with Gasteiger partial charge in [0.2, 0.25) is 5.82 Å². The molecule has 0 amide bonds. The number of aromatic nitrogens is 4. The van der Waals surface area contributed by atoms with Gasteiger partial charge >= 0.3 is 6.18 Å². The molecule has 12 nitrogen and oxygen atoms in total. The number of aliphatic hydroxyl groups is 1. The third kappa shape index (κ3) is 6.65. The number of H-pyrrole nitrogens is 1. The lowest BCUT2D eigenvalue weighted by Crippen LogP contribution is -2.68. The zero-order chi connectivity index (χ0) is 35.5. The molecule has 2 N–H and O–H groups in total. The number of nitrogens with zero attached hydrogens (tertiary/aromatic N) is 6. The van der Waals surface area contributed by atoms with Crippen LogP contribution >= 0.6 is 0 Å². The van der Waals surface area contributed by atoms with Crippen molar-refractivity contribution < 1.29 is 32.2 Å². The maximum Gasteiger partial charge on any atom is 0.451 e. The summed E-state index contributed by atoms with van der Waals surface area (Å²) in [6, 6.07) is 14.4. The fraction of sp³-hybridized carbons (Fsp3) is 0.343. The van der Waals surface area contributed by atoms with Crippen LogP contribution in [0.15, 0.2) is 64.1 Å². The molecule has 0 radical (unpaired) electrons. The minimum atomic E-state index is -4.58. The molecule has 1 aromatic carbocycles. The number of furan rings is 1. The summed E-state index contributed by atoms with van der Waals surface area (Å²) in [7, 11) is 0. The van der Waals surface area contributed by atoms with Gasteiger partial charge in [-0.15, -0.1) is 0 Å². The van der Waals surface area contributed by atoms with E-state index in [1.54, 1.807) is 42.7 Å². The van der Waals surface area contributed by atoms with Crippen LogP contribution in [-0.2, 0) is 15.7 Å². The van der Waals surface area contributed by atoms with Crippen LogP contribution < -0.4 is 15.4 Å². The number of aliphatic hydroxyl groups excluding tert-OH is 1. The maximum absolute atomic E-state index is 13.1. The molecule has 0 saturated carbocycles. The molecule has 0 aliphatic carbocycles. The van der Waals surface area contributed by atoms with Crippen LogP contribution in [-0.4, -0.2) is 76.1 Å². The van der Waals surface area contributed by atoms with Crippen LogP contribution in [0.3, 0.4) is 0 Å². The van der Waals surface area contributed by atoms with E-state index in [4.69, 9.17) is 24.3 Å². The van der Waals surface area contributed by atoms with Gasteiger partial charge in [-0.2, -0.15) is 18.4 Å². The van der Waals surface area contributed by atoms with Gasteiger partial charge in [0.25, 0.3) is 5.56 Å². The number of ether oxygens (including phenoxy) is 2. The fourth-order valence-corrected chi connectivity index (χ4v) is 6.23. The normalized spacial score (nSPS) is 18.0. The predicted molar refractivity (Wildman–Crippen MR) is 178 cm³/mol. The Morgan fingerprint density at radius 1 is 1.10 bits per heavy atom. The van der Waals surface area contributed by atoms with Gasteiger partial charge in [0, 0.05) is 48.5 Å². The molecule has 50 heavy (non-hydrogen) atoms. The lowest BCUT2D eigenvalue weighted by Gasteiger charge is -2.53. The minimum absolute atomic E-state index is 0.0467. The van der Waals surface area contributed by atoms with Gasteiger partial charge in [-0.1, -0.05) is 18.6 Å². The van der Waals surface area contributed by atoms with Gasteiger partial charge in [-0.25, -0.2) is 15.0 Å². The number of nitrogens with one attached hydrogen (secondary N) is 1. The monoisotopic (exact) mass is 687 g/mol. The predicted octanol–water partition coefficient (Wildman–Crippen LogP) is 5.25. The third-order valence-electron chi connectivity index (χ3n) is 8.91. The number of terminal acetylenes is 1. The van der Waals surface area contributed by atoms with Crippen molar-refractivity contribution in [1.82, 2.24) is 19.9 Å². The number of alkyl halides is 3. The second-order valence-corrected chi connectivity index (χ2v) is 11.9. The Balaban J connectivity index is 0.000000161. The number of rotatable bonds is 3. The Morgan fingerprint density at radius 2 is 1.84 bits per heavy atom. The van der Waals surface area contributed by atoms with Gasteiger partial charge in [0.1, 0.15) is 40.3 Å². The zero-order valence-corrected chi connectivity index (χ0v) is 26.9. The van der Waals surface area contributed by atoms with E-state index in [0.717, 1.165) is 24.0 Å². The molecule has 3 saturated heterocycles. The summed E-state index contributed by atoms with van der Waals surface area (Å²) < 4.78 is 56.3. The summed E-state index contributed by atoms with van der Waals surface area (Å²) in [5.41, 5.74) is 3.29. The molecule has 15 heteroatoms. The van der Waals surface area contributed by atoms with Crippen LogP contribution in [0.1, 0.15) is 31.3 Å². The topological polar surface area (TPSA) is 154 Å². The number of aromatic amines is 1. The van der Waals surface area contributed by atoms with E-state index >= 15 is 0 Å². The molecular weight excluding hydrogens is 655 g/mol. The molecule has 258 valence electrons. The number of anilines is 2. The van der Waals surface area contributed by atoms with E-state index in [2.05, 4.69) is 38.2 Å². The summed E-state index contributed by atoms with van der Waals surface area (Å²) in [5, 5.41) is 16.5. The largest absolute Gasteiger partial charge is 0.462 e. The van der Waals surface area contributed by atoms with E-state index < -0.39 is 12.0 Å². The molecule has 1 unspecified atom stereocenters. The van der Waals surface area contributed by atoms with Gasteiger partial charge in [-0.3, -0.25) is 4.79 Å². The van der Waals surface area contributed by atoms with Crippen molar-refractivity contribution in [1.29, 1.82) is 5.26 Å². The molecule has 1 atom stereocenters. The van der Waals surface area contributed by atoms with E-state index in [1.165, 1.54) is 6.11 Å². The molecule has 3 aliphatic rings. The van der Waals surface area contributed by atoms with Crippen LogP contribution in [0.5, 0.6) is 0 Å². The highest BCUT2D eigenvalue weighted by molar-refractivity contribution is 6.05. The quantitative estimate of drug-likeness (QED) is 0.239. The van der Waals surface area contributed by atoms with Crippen molar-refractivity contribution in [3.8, 4) is 29.7 Å². The van der Waals surface area contributed by atoms with E-state index in [1.807, 2.05) is 23.1 Å². The van der Waals surface area contributed by atoms with Crippen molar-refractivity contribution in [2.45, 2.75) is 37.6 Å². The molecule has 7 heterocycles. The third-order valence-corrected chi connectivity index (χ3v) is 8.91. The SMILES string of the molecule is C#CO.CC1N(c2cc(-c3ccc(C#N)nc3)c[nH]c2=O)CCOC12COC2.FC(F)(F)c1nc(N2CCCC2)c2oc3ccccc3c2n1. The molecule has 0 bridgehead atoms. The average molecular weight is 688 g/mol. The fourth-order valence-electron chi connectivity index (χ4n) is 6.23. The Hall–Kier alpha value is -5.64. The number of morpholine rings is 1. The molecule has 4 aromatic heterocycles. The van der Waals surface area contributed by atoms with Crippen molar-refractivity contribution in [2.24, 2.45) is 0 Å². The molecule has 3 fully saturated rings. The first kappa shape index (κ1) is 34.2. The molecule has 5 aromatic rings. The van der Waals surface area contributed by atoms with Crippen molar-refractivity contribution >= 4 is 33.6 Å². The number of pyridine rings is 2. The van der Waals surface area contributed by atoms with E-state index in [-0.39, 0.29) is 28.5 Å². The molecule has 8 rings (SSSR count). The van der Waals surface area contributed by atoms with Gasteiger partial charge in [0.05, 0.1) is 25.9 Å². The number of fused-ring (bicyclic) bond motifs is 3. The Morgan fingerprint density at radius 3 is 2.48 bits per heavy atom. The summed E-state index contributed by atoms with van der Waals surface area (Å²) in [6.07, 6.45) is 6.00. The first-order valence-corrected chi connectivity index (χ1v) is 15.8. The van der Waals surface area contributed by atoms with Gasteiger partial charge < -0.3 is 33.8 Å². The molecule has 1 spiro atoms. The van der Waals surface area contributed by atoms with Crippen molar-refractivity contribution in [3.63, 3.8) is 0 Å². The highest BCUT2D eigenvalue weighted by Crippen LogP contribution is 2.38. The van der Waals surface area contributed by atoms with Crippen molar-refractivity contribution in [2.75, 3.05) is 49.3 Å². The molecule has 3 aliphatic heterocycles. The minimum Gasteiger partial charge on any atom is -0.462 e. The van der Waals surface area contributed by atoms with Crippen LogP contribution in [0.25, 0.3) is 33.2 Å². The summed E-state index contributed by atoms with van der Waals surface area (Å²) in [4.78, 5) is 30.7. The number of hydrogen-bond donors (Lipinski definition) is 2. The number of hydrogen-bond acceptors (Lipinski definition) is 11. The Kier molecular flexibility index (Phi) is 9.63. The average Bonchev–Trinajstić information content (AvgIpc) is 3.77. The summed E-state index contributed by atoms with van der Waals surface area (Å²) in [6.45, 7) is 5.76. The highest BCUT2D eigenvalue weighted by Gasteiger charge is 2.50. The first-order valence-electron chi connectivity index (χ1n) is 15.8. The summed E-state index contributed by atoms with van der Waals surface area (Å²) >= 11 is 0. The number of halogens is 3. The summed E-state index contributed by atoms with van der Waals surface area (Å²) in [5.74, 6) is -0.875. The lowest BCUT2D eigenvalue weighted by atomic mass is 9.90. The van der Waals surface area contributed by atoms with E-state index in [9.17, 15) is 18.0 Å². The number of para-hydroxylation sites is 1. The molecular formula is C35H32F3N7O5. The smallest absolute Gasteiger partial charge is 0.451 e. The second kappa shape index (κ2) is 14.1. The first-order chi connectivity index (χ1) is 24.1. The standard InChI is InChI=1S/C18H18N4O3.C15H12F3N3O.C2H2O/c1-12-18(10-24-11-18)25-5-4-22(12)16-6-14(9-21-17(16)23)13-2-3-15(7-19)20-8-13;16-15(17,18)14-19-11-9-5-1-2-6-10(9)22-12(11)13(20-14)21-7-3-4-8-21;1-2-3/h2-3,6,8-9,12H,4-5,10-11H2,1H3,(H,21,23);1-2,5-6H,3-4,7-8H2;1,3H. The zero-order valence-electron chi connectivity index (χ0n) is 26.9.